The minimum absolute atomic E-state index is 0.00832. The second kappa shape index (κ2) is 18.3. The van der Waals surface area contributed by atoms with E-state index in [-0.39, 0.29) is 55.4 Å². The fraction of sp³-hybridized carbons (Fsp3) is 0.447. The van der Waals surface area contributed by atoms with Gasteiger partial charge >= 0.3 is 6.03 Å². The van der Waals surface area contributed by atoms with Crippen molar-refractivity contribution in [2.45, 2.75) is 76.6 Å². The molecule has 2 heterocycles. The molecular formula is C38H51N7O7S. The fourth-order valence-corrected chi connectivity index (χ4v) is 8.13. The van der Waals surface area contributed by atoms with Gasteiger partial charge in [-0.2, -0.15) is 4.31 Å². The third-order valence-electron chi connectivity index (χ3n) is 9.82. The van der Waals surface area contributed by atoms with E-state index in [9.17, 15) is 23.1 Å². The number of urea groups is 1. The van der Waals surface area contributed by atoms with E-state index in [2.05, 4.69) is 20.6 Å². The second-order valence-corrected chi connectivity index (χ2v) is 15.9. The second-order valence-electron chi connectivity index (χ2n) is 14.0. The Bertz CT molecular complexity index is 1840. The molecule has 1 saturated heterocycles. The van der Waals surface area contributed by atoms with Gasteiger partial charge in [-0.05, 0) is 60.6 Å². The topological polar surface area (TPSA) is 188 Å². The van der Waals surface area contributed by atoms with Crippen LogP contribution < -0.4 is 5.32 Å². The quantitative estimate of drug-likeness (QED) is 0.0847. The monoisotopic (exact) mass is 749 g/mol. The summed E-state index contributed by atoms with van der Waals surface area (Å²) in [6.45, 7) is 9.97. The first-order valence-corrected chi connectivity index (χ1v) is 19.2. The number of rotatable bonds is 18. The maximum atomic E-state index is 14.6. The molecule has 1 aromatic heterocycles. The molecular weight excluding hydrogens is 699 g/mol. The minimum atomic E-state index is -4.09. The molecule has 0 spiro atoms. The van der Waals surface area contributed by atoms with Crippen molar-refractivity contribution in [2.24, 2.45) is 22.1 Å². The molecule has 3 amide bonds. The zero-order chi connectivity index (χ0) is 38.8. The van der Waals surface area contributed by atoms with Crippen molar-refractivity contribution in [3.05, 3.63) is 95.3 Å². The number of carbonyl (C=O) groups is 2. The summed E-state index contributed by atoms with van der Waals surface area (Å²) in [5.41, 5.74) is 1.04. The van der Waals surface area contributed by atoms with E-state index < -0.39 is 33.6 Å². The van der Waals surface area contributed by atoms with Crippen LogP contribution in [0.15, 0.2) is 88.0 Å². The Labute approximate surface area is 311 Å². The average Bonchev–Trinajstić information content (AvgIpc) is 3.50. The SMILES string of the molecule is CCC(C)C(C)(C(=O)N[C@@H](Cc1ccccc1)[C@@H](O)CN(CC(C)C)S(=O)(=O)c1ccc(C=NO)cc1)N1CCN(Cc2cccc(C=NO)n2)C1=O. The van der Waals surface area contributed by atoms with Gasteiger partial charge in [-0.1, -0.05) is 93.0 Å². The average molecular weight is 750 g/mol. The van der Waals surface area contributed by atoms with Gasteiger partial charge in [0.1, 0.15) is 5.54 Å². The molecule has 286 valence electrons. The number of pyridine rings is 1. The summed E-state index contributed by atoms with van der Waals surface area (Å²) < 4.78 is 29.1. The van der Waals surface area contributed by atoms with Gasteiger partial charge in [0.15, 0.2) is 0 Å². The molecule has 0 saturated carbocycles. The van der Waals surface area contributed by atoms with Gasteiger partial charge in [-0.25, -0.2) is 18.2 Å². The fourth-order valence-electron chi connectivity index (χ4n) is 6.50. The Morgan fingerprint density at radius 1 is 0.981 bits per heavy atom. The van der Waals surface area contributed by atoms with Crippen LogP contribution in [-0.4, -0.2) is 111 Å². The van der Waals surface area contributed by atoms with Crippen molar-refractivity contribution < 1.29 is 33.5 Å². The number of aromatic nitrogens is 1. The highest BCUT2D eigenvalue weighted by molar-refractivity contribution is 7.89. The van der Waals surface area contributed by atoms with E-state index >= 15 is 0 Å². The summed E-state index contributed by atoms with van der Waals surface area (Å²) in [4.78, 5) is 36.2. The minimum Gasteiger partial charge on any atom is -0.411 e. The van der Waals surface area contributed by atoms with Crippen LogP contribution in [0.1, 0.15) is 63.6 Å². The number of aliphatic hydroxyl groups excluding tert-OH is 1. The van der Waals surface area contributed by atoms with E-state index in [4.69, 9.17) is 10.4 Å². The van der Waals surface area contributed by atoms with Crippen molar-refractivity contribution in [3.63, 3.8) is 0 Å². The molecule has 0 aliphatic carbocycles. The Morgan fingerprint density at radius 3 is 2.28 bits per heavy atom. The lowest BCUT2D eigenvalue weighted by Crippen LogP contribution is -2.64. The highest BCUT2D eigenvalue weighted by Crippen LogP contribution is 2.32. The van der Waals surface area contributed by atoms with Crippen LogP contribution in [0.3, 0.4) is 0 Å². The van der Waals surface area contributed by atoms with Gasteiger partial charge in [0, 0.05) is 26.2 Å². The van der Waals surface area contributed by atoms with Gasteiger partial charge in [-0.3, -0.25) is 4.79 Å². The number of hydrogen-bond donors (Lipinski definition) is 4. The number of benzene rings is 2. The molecule has 4 rings (SSSR count). The summed E-state index contributed by atoms with van der Waals surface area (Å²) in [5.74, 6) is -0.834. The number of carbonyl (C=O) groups excluding carboxylic acids is 2. The van der Waals surface area contributed by atoms with Crippen LogP contribution >= 0.6 is 0 Å². The molecule has 1 aliphatic rings. The van der Waals surface area contributed by atoms with Crippen molar-refractivity contribution in [1.29, 1.82) is 0 Å². The highest BCUT2D eigenvalue weighted by atomic mass is 32.2. The van der Waals surface area contributed by atoms with Gasteiger partial charge in [0.05, 0.1) is 47.4 Å². The molecule has 0 bridgehead atoms. The van der Waals surface area contributed by atoms with Crippen LogP contribution in [-0.2, 0) is 27.8 Å². The summed E-state index contributed by atoms with van der Waals surface area (Å²) in [5, 5.41) is 38.8. The van der Waals surface area contributed by atoms with Crippen LogP contribution in [0, 0.1) is 11.8 Å². The lowest BCUT2D eigenvalue weighted by atomic mass is 9.82. The summed E-state index contributed by atoms with van der Waals surface area (Å²) in [6, 6.07) is 19.1. The van der Waals surface area contributed by atoms with Crippen LogP contribution in [0.5, 0.6) is 0 Å². The normalized spacial score (nSPS) is 16.8. The third kappa shape index (κ3) is 9.97. The molecule has 1 fully saturated rings. The molecule has 15 heteroatoms. The molecule has 4 N–H and O–H groups in total. The van der Waals surface area contributed by atoms with E-state index in [0.29, 0.717) is 29.9 Å². The van der Waals surface area contributed by atoms with Crippen molar-refractivity contribution in [3.8, 4) is 0 Å². The number of aliphatic hydroxyl groups is 1. The van der Waals surface area contributed by atoms with Crippen LogP contribution in [0.4, 0.5) is 4.79 Å². The van der Waals surface area contributed by atoms with E-state index in [1.165, 1.54) is 41.0 Å². The van der Waals surface area contributed by atoms with Crippen molar-refractivity contribution in [1.82, 2.24) is 24.4 Å². The number of sulfonamides is 1. The summed E-state index contributed by atoms with van der Waals surface area (Å²) in [6.07, 6.45) is 1.84. The Morgan fingerprint density at radius 2 is 1.66 bits per heavy atom. The summed E-state index contributed by atoms with van der Waals surface area (Å²) in [7, 11) is -4.09. The predicted octanol–water partition coefficient (Wildman–Crippen LogP) is 4.18. The summed E-state index contributed by atoms with van der Waals surface area (Å²) >= 11 is 0. The van der Waals surface area contributed by atoms with Crippen LogP contribution in [0.2, 0.25) is 0 Å². The molecule has 0 radical (unpaired) electrons. The van der Waals surface area contributed by atoms with Gasteiger partial charge in [0.2, 0.25) is 15.9 Å². The van der Waals surface area contributed by atoms with Gasteiger partial charge in [-0.15, -0.1) is 0 Å². The molecule has 1 aliphatic heterocycles. The zero-order valence-electron chi connectivity index (χ0n) is 30.9. The lowest BCUT2D eigenvalue weighted by Gasteiger charge is -2.43. The van der Waals surface area contributed by atoms with E-state index in [0.717, 1.165) is 5.56 Å². The van der Waals surface area contributed by atoms with Crippen molar-refractivity contribution in [2.75, 3.05) is 26.2 Å². The number of nitrogens with one attached hydrogen (secondary N) is 1. The van der Waals surface area contributed by atoms with Crippen LogP contribution in [0.25, 0.3) is 0 Å². The molecule has 4 atom stereocenters. The Balaban J connectivity index is 1.63. The highest BCUT2D eigenvalue weighted by Gasteiger charge is 2.50. The molecule has 3 aromatic rings. The maximum Gasteiger partial charge on any atom is 0.321 e. The number of oxime groups is 2. The number of nitrogens with zero attached hydrogens (tertiary/aromatic N) is 6. The van der Waals surface area contributed by atoms with E-state index in [1.54, 1.807) is 34.9 Å². The largest absolute Gasteiger partial charge is 0.411 e. The smallest absolute Gasteiger partial charge is 0.321 e. The first-order chi connectivity index (χ1) is 25.2. The first kappa shape index (κ1) is 40.9. The molecule has 53 heavy (non-hydrogen) atoms. The predicted molar refractivity (Wildman–Crippen MR) is 201 cm³/mol. The molecule has 2 aromatic carbocycles. The first-order valence-electron chi connectivity index (χ1n) is 17.7. The van der Waals surface area contributed by atoms with Gasteiger partial charge < -0.3 is 30.6 Å². The Kier molecular flexibility index (Phi) is 14.1. The Hall–Kier alpha value is -4.86. The van der Waals surface area contributed by atoms with Crippen molar-refractivity contribution >= 4 is 34.4 Å². The zero-order valence-corrected chi connectivity index (χ0v) is 31.7. The lowest BCUT2D eigenvalue weighted by molar-refractivity contribution is -0.135. The third-order valence-corrected chi connectivity index (χ3v) is 11.7. The van der Waals surface area contributed by atoms with Gasteiger partial charge in [0.25, 0.3) is 0 Å². The maximum absolute atomic E-state index is 14.6. The number of hydrogen-bond acceptors (Lipinski definition) is 10. The van der Waals surface area contributed by atoms with E-state index in [1.807, 2.05) is 58.0 Å². The molecule has 2 unspecified atom stereocenters. The molecule has 14 nitrogen and oxygen atoms in total. The number of amides is 3. The standard InChI is InChI=1S/C38H51N7O7S/c1-6-28(4)38(5,45-20-19-43(37(45)48)25-32-14-10-13-31(41-32)23-40-50)36(47)42-34(21-29-11-8-7-9-12-29)35(46)26-44(24-27(2)3)53(51,52)33-17-15-30(16-18-33)22-39-49/h7-18,22-23,27-28,34-35,46,49-50H,6,19-21,24-26H2,1-5H3,(H,42,47)/t28?,34-,35-,38?/m0/s1.